The van der Waals surface area contributed by atoms with E-state index in [1.54, 1.807) is 11.0 Å². The summed E-state index contributed by atoms with van der Waals surface area (Å²) in [6, 6.07) is 7.46. The van der Waals surface area contributed by atoms with Gasteiger partial charge in [-0.25, -0.2) is 9.67 Å². The molecule has 128 valence electrons. The minimum Gasteiger partial charge on any atom is -0.351 e. The van der Waals surface area contributed by atoms with Crippen LogP contribution in [0.15, 0.2) is 36.9 Å². The largest absolute Gasteiger partial charge is 0.351 e. The molecule has 1 unspecified atom stereocenters. The number of nitrogens with one attached hydrogen (secondary N) is 1. The Morgan fingerprint density at radius 1 is 1.26 bits per heavy atom. The van der Waals surface area contributed by atoms with E-state index in [1.165, 1.54) is 6.33 Å². The smallest absolute Gasteiger partial charge is 0.237 e. The van der Waals surface area contributed by atoms with Crippen molar-refractivity contribution in [3.05, 3.63) is 48.0 Å². The van der Waals surface area contributed by atoms with Crippen LogP contribution in [0.2, 0.25) is 0 Å². The molecule has 0 saturated heterocycles. The Kier molecular flexibility index (Phi) is 9.48. The minimum atomic E-state index is -0.479. The van der Waals surface area contributed by atoms with Crippen molar-refractivity contribution in [2.24, 2.45) is 11.7 Å². The molecule has 2 aromatic rings. The number of nitrogens with zero attached hydrogens (tertiary/aromatic N) is 3. The molecule has 2 rings (SSSR count). The van der Waals surface area contributed by atoms with E-state index >= 15 is 0 Å². The highest BCUT2D eigenvalue weighted by Gasteiger charge is 2.16. The van der Waals surface area contributed by atoms with Gasteiger partial charge >= 0.3 is 0 Å². The van der Waals surface area contributed by atoms with Crippen molar-refractivity contribution in [2.75, 3.05) is 0 Å². The average Bonchev–Trinajstić information content (AvgIpc) is 2.98. The fraction of sp³-hybridized carbons (Fsp3) is 0.400. The second-order valence-electron chi connectivity index (χ2n) is 5.35. The maximum absolute atomic E-state index is 11.9. The third-order valence-corrected chi connectivity index (χ3v) is 3.39. The molecule has 0 spiro atoms. The van der Waals surface area contributed by atoms with Gasteiger partial charge in [0.2, 0.25) is 5.91 Å². The molecule has 0 saturated carbocycles. The molecule has 0 radical (unpaired) electrons. The summed E-state index contributed by atoms with van der Waals surface area (Å²) in [5.41, 5.74) is 7.99. The first-order chi connectivity index (χ1) is 10.1. The number of hydrogen-bond donors (Lipinski definition) is 2. The standard InChI is InChI=1S/C15H21N5O.2ClH/c1-11(2)14(16)15(21)18-7-12-5-3-4-6-13(12)8-20-10-17-9-19-20;;/h3-6,9-11,14H,7-8,16H2,1-2H3,(H,18,21);2*1H. The lowest BCUT2D eigenvalue weighted by molar-refractivity contribution is -0.123. The van der Waals surface area contributed by atoms with Crippen molar-refractivity contribution in [3.8, 4) is 0 Å². The molecule has 1 heterocycles. The van der Waals surface area contributed by atoms with E-state index in [2.05, 4.69) is 15.4 Å². The minimum absolute atomic E-state index is 0. The van der Waals surface area contributed by atoms with Crippen molar-refractivity contribution in [2.45, 2.75) is 33.0 Å². The van der Waals surface area contributed by atoms with Crippen LogP contribution in [0.3, 0.4) is 0 Å². The molecular weight excluding hydrogens is 337 g/mol. The number of aromatic nitrogens is 3. The number of benzene rings is 1. The molecular formula is C15H23Cl2N5O. The maximum atomic E-state index is 11.9. The van der Waals surface area contributed by atoms with Crippen LogP contribution < -0.4 is 11.1 Å². The maximum Gasteiger partial charge on any atom is 0.237 e. The van der Waals surface area contributed by atoms with Crippen LogP contribution in [0.5, 0.6) is 0 Å². The van der Waals surface area contributed by atoms with Crippen LogP contribution >= 0.6 is 24.8 Å². The Labute approximate surface area is 148 Å². The van der Waals surface area contributed by atoms with Gasteiger partial charge in [0.1, 0.15) is 12.7 Å². The predicted molar refractivity (Wildman–Crippen MR) is 94.7 cm³/mol. The number of halogens is 2. The van der Waals surface area contributed by atoms with E-state index in [0.29, 0.717) is 13.1 Å². The first-order valence-electron chi connectivity index (χ1n) is 7.00. The Balaban J connectivity index is 0.00000242. The van der Waals surface area contributed by atoms with Crippen LogP contribution in [0, 0.1) is 5.92 Å². The topological polar surface area (TPSA) is 85.8 Å². The van der Waals surface area contributed by atoms with Gasteiger partial charge in [-0.05, 0) is 17.0 Å². The van der Waals surface area contributed by atoms with Gasteiger partial charge in [0, 0.05) is 6.54 Å². The van der Waals surface area contributed by atoms with E-state index in [1.807, 2.05) is 38.1 Å². The molecule has 6 nitrogen and oxygen atoms in total. The number of hydrogen-bond acceptors (Lipinski definition) is 4. The lowest BCUT2D eigenvalue weighted by Gasteiger charge is -2.16. The third-order valence-electron chi connectivity index (χ3n) is 3.39. The summed E-state index contributed by atoms with van der Waals surface area (Å²) in [7, 11) is 0. The zero-order valence-corrected chi connectivity index (χ0v) is 14.8. The van der Waals surface area contributed by atoms with E-state index in [4.69, 9.17) is 5.73 Å². The fourth-order valence-corrected chi connectivity index (χ4v) is 1.98. The molecule has 3 N–H and O–H groups in total. The van der Waals surface area contributed by atoms with Crippen LogP contribution in [0.25, 0.3) is 0 Å². The summed E-state index contributed by atoms with van der Waals surface area (Å²) in [4.78, 5) is 15.9. The van der Waals surface area contributed by atoms with E-state index in [9.17, 15) is 4.79 Å². The zero-order chi connectivity index (χ0) is 15.2. The highest BCUT2D eigenvalue weighted by atomic mass is 35.5. The van der Waals surface area contributed by atoms with Gasteiger partial charge in [0.15, 0.2) is 0 Å². The molecule has 23 heavy (non-hydrogen) atoms. The molecule has 0 aliphatic carbocycles. The van der Waals surface area contributed by atoms with Crippen molar-refractivity contribution in [3.63, 3.8) is 0 Å². The normalized spacial score (nSPS) is 11.3. The molecule has 0 aliphatic heterocycles. The summed E-state index contributed by atoms with van der Waals surface area (Å²) < 4.78 is 1.75. The Morgan fingerprint density at radius 2 is 1.91 bits per heavy atom. The first-order valence-corrected chi connectivity index (χ1v) is 7.00. The average molecular weight is 360 g/mol. The monoisotopic (exact) mass is 359 g/mol. The van der Waals surface area contributed by atoms with Crippen molar-refractivity contribution >= 4 is 30.7 Å². The lowest BCUT2D eigenvalue weighted by Crippen LogP contribution is -2.43. The lowest BCUT2D eigenvalue weighted by atomic mass is 10.0. The molecule has 1 atom stereocenters. The van der Waals surface area contributed by atoms with Gasteiger partial charge in [0.25, 0.3) is 0 Å². The third kappa shape index (κ3) is 6.17. The molecule has 0 bridgehead atoms. The second-order valence-corrected chi connectivity index (χ2v) is 5.35. The van der Waals surface area contributed by atoms with Gasteiger partial charge in [-0.1, -0.05) is 38.1 Å². The van der Waals surface area contributed by atoms with Gasteiger partial charge in [-0.2, -0.15) is 5.10 Å². The highest BCUT2D eigenvalue weighted by molar-refractivity contribution is 5.85. The summed E-state index contributed by atoms with van der Waals surface area (Å²) in [5, 5.41) is 6.99. The summed E-state index contributed by atoms with van der Waals surface area (Å²) >= 11 is 0. The van der Waals surface area contributed by atoms with Crippen molar-refractivity contribution in [1.82, 2.24) is 20.1 Å². The van der Waals surface area contributed by atoms with E-state index in [0.717, 1.165) is 11.1 Å². The fourth-order valence-electron chi connectivity index (χ4n) is 1.98. The van der Waals surface area contributed by atoms with Gasteiger partial charge < -0.3 is 11.1 Å². The second kappa shape index (κ2) is 10.2. The summed E-state index contributed by atoms with van der Waals surface area (Å²) in [6.45, 7) is 4.96. The van der Waals surface area contributed by atoms with Crippen LogP contribution in [0.1, 0.15) is 25.0 Å². The number of amides is 1. The van der Waals surface area contributed by atoms with Gasteiger partial charge in [0.05, 0.1) is 12.6 Å². The van der Waals surface area contributed by atoms with Gasteiger partial charge in [-0.15, -0.1) is 24.8 Å². The molecule has 1 aromatic carbocycles. The Bertz CT molecular complexity index is 589. The van der Waals surface area contributed by atoms with Crippen LogP contribution in [-0.2, 0) is 17.9 Å². The van der Waals surface area contributed by atoms with Crippen molar-refractivity contribution < 1.29 is 4.79 Å². The number of rotatable bonds is 6. The highest BCUT2D eigenvalue weighted by Crippen LogP contribution is 2.10. The zero-order valence-electron chi connectivity index (χ0n) is 13.2. The molecule has 0 fully saturated rings. The molecule has 0 aliphatic rings. The number of carbonyl (C=O) groups excluding carboxylic acids is 1. The predicted octanol–water partition coefficient (Wildman–Crippen LogP) is 1.77. The Hall–Kier alpha value is -1.63. The summed E-state index contributed by atoms with van der Waals surface area (Å²) in [5.74, 6) is -0.00375. The molecule has 8 heteroatoms. The SMILES string of the molecule is CC(C)C(N)C(=O)NCc1ccccc1Cn1cncn1.Cl.Cl. The molecule has 1 amide bonds. The first kappa shape index (κ1) is 21.4. The Morgan fingerprint density at radius 3 is 2.48 bits per heavy atom. The number of carbonyl (C=O) groups is 1. The van der Waals surface area contributed by atoms with Crippen LogP contribution in [-0.4, -0.2) is 26.7 Å². The van der Waals surface area contributed by atoms with E-state index < -0.39 is 6.04 Å². The van der Waals surface area contributed by atoms with Gasteiger partial charge in [-0.3, -0.25) is 4.79 Å². The molecule has 1 aromatic heterocycles. The summed E-state index contributed by atoms with van der Waals surface area (Å²) in [6.07, 6.45) is 3.18. The quantitative estimate of drug-likeness (QED) is 0.822. The number of nitrogens with two attached hydrogens (primary N) is 1. The van der Waals surface area contributed by atoms with E-state index in [-0.39, 0.29) is 36.6 Å². The van der Waals surface area contributed by atoms with Crippen molar-refractivity contribution in [1.29, 1.82) is 0 Å². The van der Waals surface area contributed by atoms with Crippen LogP contribution in [0.4, 0.5) is 0 Å².